The number of rotatable bonds is 5. The number of aliphatic carboxylic acids is 1. The van der Waals surface area contributed by atoms with Crippen molar-refractivity contribution in [2.24, 2.45) is 5.92 Å². The van der Waals surface area contributed by atoms with Crippen LogP contribution in [0.15, 0.2) is 42.5 Å². The maximum Gasteiger partial charge on any atom is 0.325 e. The molecule has 0 fully saturated rings. The van der Waals surface area contributed by atoms with Crippen LogP contribution in [0.5, 0.6) is 0 Å². The van der Waals surface area contributed by atoms with Gasteiger partial charge in [0.2, 0.25) is 5.91 Å². The summed E-state index contributed by atoms with van der Waals surface area (Å²) < 4.78 is 0. The lowest BCUT2D eigenvalue weighted by Gasteiger charge is -2.11. The molecule has 0 saturated carbocycles. The molecular formula is C20H26N2O4. The van der Waals surface area contributed by atoms with Gasteiger partial charge < -0.3 is 15.7 Å². The molecule has 2 rings (SSSR count). The number of benzene rings is 2. The van der Waals surface area contributed by atoms with Crippen LogP contribution in [0, 0.1) is 5.92 Å². The molecule has 0 spiro atoms. The van der Waals surface area contributed by atoms with Crippen LogP contribution < -0.4 is 10.6 Å². The van der Waals surface area contributed by atoms with Gasteiger partial charge >= 0.3 is 5.97 Å². The smallest absolute Gasteiger partial charge is 0.325 e. The number of nitrogens with one attached hydrogen (secondary N) is 2. The molecule has 0 saturated heterocycles. The maximum absolute atomic E-state index is 12.2. The third kappa shape index (κ3) is 6.93. The second-order valence-electron chi connectivity index (χ2n) is 6.57. The van der Waals surface area contributed by atoms with E-state index in [-0.39, 0.29) is 12.5 Å². The summed E-state index contributed by atoms with van der Waals surface area (Å²) in [5.74, 6) is -1.23. The molecule has 2 amide bonds. The van der Waals surface area contributed by atoms with Crippen molar-refractivity contribution in [1.29, 1.82) is 0 Å². The fourth-order valence-electron chi connectivity index (χ4n) is 2.03. The Morgan fingerprint density at radius 1 is 0.962 bits per heavy atom. The van der Waals surface area contributed by atoms with E-state index >= 15 is 0 Å². The normalized spacial score (nSPS) is 11.3. The van der Waals surface area contributed by atoms with Gasteiger partial charge in [0, 0.05) is 5.56 Å². The van der Waals surface area contributed by atoms with Gasteiger partial charge in [0.1, 0.15) is 6.04 Å². The lowest BCUT2D eigenvalue weighted by Crippen LogP contribution is -2.44. The van der Waals surface area contributed by atoms with Gasteiger partial charge in [-0.1, -0.05) is 57.2 Å². The zero-order chi connectivity index (χ0) is 19.7. The van der Waals surface area contributed by atoms with Crippen molar-refractivity contribution >= 4 is 28.6 Å². The van der Waals surface area contributed by atoms with E-state index in [0.29, 0.717) is 5.56 Å². The Morgan fingerprint density at radius 3 is 2.15 bits per heavy atom. The molecule has 0 radical (unpaired) electrons. The van der Waals surface area contributed by atoms with Crippen molar-refractivity contribution in [3.8, 4) is 0 Å². The average molecular weight is 358 g/mol. The summed E-state index contributed by atoms with van der Waals surface area (Å²) >= 11 is 0. The van der Waals surface area contributed by atoms with Gasteiger partial charge in [0.25, 0.3) is 5.91 Å². The summed E-state index contributed by atoms with van der Waals surface area (Å²) in [6.45, 7) is 7.58. The zero-order valence-electron chi connectivity index (χ0n) is 15.6. The topological polar surface area (TPSA) is 95.5 Å². The highest BCUT2D eigenvalue weighted by molar-refractivity contribution is 6.07. The molecule has 0 aromatic heterocycles. The Hall–Kier alpha value is -2.89. The molecule has 3 N–H and O–H groups in total. The SMILES string of the molecule is CC(C)C.CC(NC(=O)CNC(=O)c1cccc2ccccc12)C(=O)O. The summed E-state index contributed by atoms with van der Waals surface area (Å²) in [7, 11) is 0. The van der Waals surface area contributed by atoms with Crippen LogP contribution in [-0.4, -0.2) is 35.5 Å². The van der Waals surface area contributed by atoms with E-state index in [9.17, 15) is 14.4 Å². The van der Waals surface area contributed by atoms with E-state index in [1.807, 2.05) is 30.3 Å². The van der Waals surface area contributed by atoms with E-state index in [2.05, 4.69) is 31.4 Å². The Labute approximate surface area is 153 Å². The van der Waals surface area contributed by atoms with Gasteiger partial charge in [0.15, 0.2) is 0 Å². The zero-order valence-corrected chi connectivity index (χ0v) is 15.6. The lowest BCUT2D eigenvalue weighted by molar-refractivity contribution is -0.141. The van der Waals surface area contributed by atoms with Gasteiger partial charge in [-0.15, -0.1) is 0 Å². The summed E-state index contributed by atoms with van der Waals surface area (Å²) in [6, 6.07) is 11.8. The number of carboxylic acid groups (broad SMARTS) is 1. The minimum absolute atomic E-state index is 0.278. The van der Waals surface area contributed by atoms with Crippen molar-refractivity contribution < 1.29 is 19.5 Å². The second-order valence-corrected chi connectivity index (χ2v) is 6.57. The van der Waals surface area contributed by atoms with Crippen LogP contribution in [-0.2, 0) is 9.59 Å². The minimum Gasteiger partial charge on any atom is -0.480 e. The quantitative estimate of drug-likeness (QED) is 0.766. The summed E-state index contributed by atoms with van der Waals surface area (Å²) in [5.41, 5.74) is 0.470. The molecular weight excluding hydrogens is 332 g/mol. The van der Waals surface area contributed by atoms with E-state index in [0.717, 1.165) is 16.7 Å². The molecule has 0 heterocycles. The molecule has 1 unspecified atom stereocenters. The number of hydrogen-bond acceptors (Lipinski definition) is 3. The van der Waals surface area contributed by atoms with Crippen LogP contribution in [0.3, 0.4) is 0 Å². The molecule has 6 nitrogen and oxygen atoms in total. The highest BCUT2D eigenvalue weighted by Crippen LogP contribution is 2.18. The van der Waals surface area contributed by atoms with Crippen molar-refractivity contribution in [2.75, 3.05) is 6.54 Å². The van der Waals surface area contributed by atoms with Gasteiger partial charge in [-0.3, -0.25) is 14.4 Å². The van der Waals surface area contributed by atoms with Crippen molar-refractivity contribution in [3.05, 3.63) is 48.0 Å². The molecule has 1 atom stereocenters. The largest absolute Gasteiger partial charge is 0.480 e. The van der Waals surface area contributed by atoms with Crippen LogP contribution in [0.4, 0.5) is 0 Å². The lowest BCUT2D eigenvalue weighted by atomic mass is 10.0. The van der Waals surface area contributed by atoms with Gasteiger partial charge in [-0.05, 0) is 29.7 Å². The molecule has 6 heteroatoms. The van der Waals surface area contributed by atoms with E-state index < -0.39 is 17.9 Å². The Balaban J connectivity index is 0.000000765. The maximum atomic E-state index is 12.2. The average Bonchev–Trinajstić information content (AvgIpc) is 2.58. The Kier molecular flexibility index (Phi) is 8.28. The number of hydrogen-bond donors (Lipinski definition) is 3. The standard InChI is InChI=1S/C16H16N2O4.C4H10/c1-10(16(21)22)18-14(19)9-17-15(20)13-8-4-6-11-5-2-3-7-12(11)13;1-4(2)3/h2-8,10H,9H2,1H3,(H,17,20)(H,18,19)(H,21,22);4H,1-3H3. The number of carboxylic acids is 1. The first-order valence-corrected chi connectivity index (χ1v) is 8.50. The molecule has 0 bridgehead atoms. The van der Waals surface area contributed by atoms with Crippen LogP contribution in [0.1, 0.15) is 38.1 Å². The predicted octanol–water partition coefficient (Wildman–Crippen LogP) is 2.82. The summed E-state index contributed by atoms with van der Waals surface area (Å²) in [4.78, 5) is 34.4. The van der Waals surface area contributed by atoms with Crippen LogP contribution in [0.25, 0.3) is 10.8 Å². The van der Waals surface area contributed by atoms with Crippen LogP contribution in [0.2, 0.25) is 0 Å². The van der Waals surface area contributed by atoms with E-state index in [4.69, 9.17) is 5.11 Å². The molecule has 0 aliphatic rings. The van der Waals surface area contributed by atoms with Crippen molar-refractivity contribution in [1.82, 2.24) is 10.6 Å². The molecule has 26 heavy (non-hydrogen) atoms. The molecule has 2 aromatic carbocycles. The third-order valence-corrected chi connectivity index (χ3v) is 3.19. The van der Waals surface area contributed by atoms with Gasteiger partial charge in [-0.2, -0.15) is 0 Å². The fourth-order valence-corrected chi connectivity index (χ4v) is 2.03. The van der Waals surface area contributed by atoms with E-state index in [1.54, 1.807) is 12.1 Å². The fraction of sp³-hybridized carbons (Fsp3) is 0.350. The van der Waals surface area contributed by atoms with Crippen molar-refractivity contribution in [2.45, 2.75) is 33.7 Å². The number of amides is 2. The van der Waals surface area contributed by atoms with E-state index in [1.165, 1.54) is 6.92 Å². The minimum atomic E-state index is -1.13. The molecule has 2 aromatic rings. The van der Waals surface area contributed by atoms with Gasteiger partial charge in [-0.25, -0.2) is 0 Å². The van der Waals surface area contributed by atoms with Gasteiger partial charge in [0.05, 0.1) is 6.54 Å². The second kappa shape index (κ2) is 10.2. The van der Waals surface area contributed by atoms with Crippen molar-refractivity contribution in [3.63, 3.8) is 0 Å². The third-order valence-electron chi connectivity index (χ3n) is 3.19. The molecule has 0 aliphatic heterocycles. The summed E-state index contributed by atoms with van der Waals surface area (Å²) in [5, 5.41) is 15.2. The predicted molar refractivity (Wildman–Crippen MR) is 102 cm³/mol. The Bertz CT molecular complexity index is 763. The number of carbonyl (C=O) groups is 3. The number of fused-ring (bicyclic) bond motifs is 1. The first kappa shape index (κ1) is 21.2. The number of carbonyl (C=O) groups excluding carboxylic acids is 2. The first-order chi connectivity index (χ1) is 12.2. The summed E-state index contributed by atoms with van der Waals surface area (Å²) in [6.07, 6.45) is 0. The van der Waals surface area contributed by atoms with Crippen LogP contribution >= 0.6 is 0 Å². The highest BCUT2D eigenvalue weighted by Gasteiger charge is 2.15. The highest BCUT2D eigenvalue weighted by atomic mass is 16.4. The molecule has 140 valence electrons. The first-order valence-electron chi connectivity index (χ1n) is 8.50. The Morgan fingerprint density at radius 2 is 1.54 bits per heavy atom. The monoisotopic (exact) mass is 358 g/mol. The molecule has 0 aliphatic carbocycles.